The van der Waals surface area contributed by atoms with Crippen LogP contribution in [0.2, 0.25) is 0 Å². The van der Waals surface area contributed by atoms with Crippen LogP contribution in [-0.4, -0.2) is 37.2 Å². The van der Waals surface area contributed by atoms with Crippen molar-refractivity contribution in [1.29, 1.82) is 0 Å². The molecule has 0 spiro atoms. The SMILES string of the molecule is CCC(C)CCCCCCCCCCC(=O)OC[C@@H](COC(=O)CCCCCCCCCCCC(C)C)OC(=O)CCCCCCCCCCCC(C)C. The van der Waals surface area contributed by atoms with Gasteiger partial charge >= 0.3 is 17.9 Å². The van der Waals surface area contributed by atoms with Gasteiger partial charge in [0.2, 0.25) is 0 Å². The number of rotatable bonds is 41. The highest BCUT2D eigenvalue weighted by Gasteiger charge is 2.19. The van der Waals surface area contributed by atoms with Gasteiger partial charge in [0, 0.05) is 19.3 Å². The van der Waals surface area contributed by atoms with E-state index >= 15 is 0 Å². The highest BCUT2D eigenvalue weighted by Crippen LogP contribution is 2.17. The highest BCUT2D eigenvalue weighted by molar-refractivity contribution is 5.71. The standard InChI is InChI=1S/C48H92O6/c1-7-44(6)36-30-24-18-14-15-20-26-32-38-47(50)53-41-45(54-48(51)39-33-27-21-13-9-11-17-23-29-35-43(4)5)40-52-46(49)37-31-25-19-12-8-10-16-22-28-34-42(2)3/h42-45H,7-41H2,1-6H3/t44?,45-/m1/s1. The Hall–Kier alpha value is -1.59. The Morgan fingerprint density at radius 1 is 0.370 bits per heavy atom. The van der Waals surface area contributed by atoms with Crippen LogP contribution in [0.3, 0.4) is 0 Å². The summed E-state index contributed by atoms with van der Waals surface area (Å²) in [6.45, 7) is 13.7. The summed E-state index contributed by atoms with van der Waals surface area (Å²) in [5, 5.41) is 0. The largest absolute Gasteiger partial charge is 0.462 e. The third-order valence-electron chi connectivity index (χ3n) is 11.0. The summed E-state index contributed by atoms with van der Waals surface area (Å²) in [7, 11) is 0. The normalized spacial score (nSPS) is 12.7. The minimum absolute atomic E-state index is 0.0663. The molecule has 0 N–H and O–H groups in total. The fraction of sp³-hybridized carbons (Fsp3) is 0.938. The molecule has 0 bridgehead atoms. The van der Waals surface area contributed by atoms with Gasteiger partial charge in [0.15, 0.2) is 6.10 Å². The molecule has 0 radical (unpaired) electrons. The number of carbonyl (C=O) groups is 3. The van der Waals surface area contributed by atoms with E-state index in [1.807, 2.05) is 0 Å². The van der Waals surface area contributed by atoms with E-state index in [1.165, 1.54) is 135 Å². The van der Waals surface area contributed by atoms with E-state index in [0.717, 1.165) is 75.5 Å². The summed E-state index contributed by atoms with van der Waals surface area (Å²) >= 11 is 0. The minimum Gasteiger partial charge on any atom is -0.462 e. The lowest BCUT2D eigenvalue weighted by molar-refractivity contribution is -0.167. The van der Waals surface area contributed by atoms with E-state index in [9.17, 15) is 14.4 Å². The Morgan fingerprint density at radius 2 is 0.648 bits per heavy atom. The van der Waals surface area contributed by atoms with Gasteiger partial charge in [-0.3, -0.25) is 14.4 Å². The van der Waals surface area contributed by atoms with Crippen molar-refractivity contribution in [3.8, 4) is 0 Å². The topological polar surface area (TPSA) is 78.9 Å². The summed E-state index contributed by atoms with van der Waals surface area (Å²) in [6, 6.07) is 0. The van der Waals surface area contributed by atoms with Crippen LogP contribution in [-0.2, 0) is 28.6 Å². The molecule has 0 aromatic rings. The number of ether oxygens (including phenoxy) is 3. The molecule has 0 rings (SSSR count). The molecule has 0 saturated heterocycles. The summed E-state index contributed by atoms with van der Waals surface area (Å²) < 4.78 is 16.7. The van der Waals surface area contributed by atoms with Crippen LogP contribution >= 0.6 is 0 Å². The molecule has 6 nitrogen and oxygen atoms in total. The van der Waals surface area contributed by atoms with Crippen molar-refractivity contribution >= 4 is 17.9 Å². The number of carbonyl (C=O) groups excluding carboxylic acids is 3. The second-order valence-electron chi connectivity index (χ2n) is 17.6. The molecule has 320 valence electrons. The molecule has 0 aliphatic heterocycles. The van der Waals surface area contributed by atoms with Gasteiger partial charge in [-0.2, -0.15) is 0 Å². The quantitative estimate of drug-likeness (QED) is 0.0350. The average molecular weight is 765 g/mol. The van der Waals surface area contributed by atoms with Gasteiger partial charge in [0.25, 0.3) is 0 Å². The third kappa shape index (κ3) is 40.1. The van der Waals surface area contributed by atoms with Gasteiger partial charge in [-0.05, 0) is 37.0 Å². The zero-order valence-corrected chi connectivity index (χ0v) is 37.0. The van der Waals surface area contributed by atoms with Crippen LogP contribution in [0.1, 0.15) is 253 Å². The zero-order valence-electron chi connectivity index (χ0n) is 37.0. The summed E-state index contributed by atoms with van der Waals surface area (Å²) in [4.78, 5) is 37.8. The van der Waals surface area contributed by atoms with E-state index in [1.54, 1.807) is 0 Å². The van der Waals surface area contributed by atoms with Crippen LogP contribution in [0.4, 0.5) is 0 Å². The lowest BCUT2D eigenvalue weighted by atomic mass is 9.99. The van der Waals surface area contributed by atoms with Crippen molar-refractivity contribution in [2.24, 2.45) is 17.8 Å². The van der Waals surface area contributed by atoms with Crippen LogP contribution in [0.5, 0.6) is 0 Å². The first-order valence-electron chi connectivity index (χ1n) is 23.6. The molecule has 0 saturated carbocycles. The van der Waals surface area contributed by atoms with Crippen molar-refractivity contribution in [3.63, 3.8) is 0 Å². The zero-order chi connectivity index (χ0) is 39.9. The van der Waals surface area contributed by atoms with Gasteiger partial charge in [-0.25, -0.2) is 0 Å². The number of unbranched alkanes of at least 4 members (excludes halogenated alkanes) is 23. The lowest BCUT2D eigenvalue weighted by Gasteiger charge is -2.18. The van der Waals surface area contributed by atoms with Crippen LogP contribution in [0.15, 0.2) is 0 Å². The Labute approximate surface area is 336 Å². The molecular weight excluding hydrogens is 673 g/mol. The van der Waals surface area contributed by atoms with E-state index in [4.69, 9.17) is 14.2 Å². The molecule has 0 amide bonds. The first kappa shape index (κ1) is 52.4. The van der Waals surface area contributed by atoms with E-state index in [2.05, 4.69) is 41.5 Å². The molecule has 6 heteroatoms. The monoisotopic (exact) mass is 765 g/mol. The number of hydrogen-bond acceptors (Lipinski definition) is 6. The summed E-state index contributed by atoms with van der Waals surface area (Å²) in [5.74, 6) is 1.60. The van der Waals surface area contributed by atoms with E-state index in [-0.39, 0.29) is 31.1 Å². The smallest absolute Gasteiger partial charge is 0.306 e. The first-order chi connectivity index (χ1) is 26.1. The molecule has 0 aliphatic rings. The van der Waals surface area contributed by atoms with E-state index < -0.39 is 6.10 Å². The predicted octanol–water partition coefficient (Wildman–Crippen LogP) is 14.8. The second-order valence-corrected chi connectivity index (χ2v) is 17.6. The van der Waals surface area contributed by atoms with Gasteiger partial charge < -0.3 is 14.2 Å². The van der Waals surface area contributed by atoms with Crippen molar-refractivity contribution < 1.29 is 28.6 Å². The molecule has 0 aromatic heterocycles. The predicted molar refractivity (Wildman–Crippen MR) is 229 cm³/mol. The Balaban J connectivity index is 4.36. The van der Waals surface area contributed by atoms with Gasteiger partial charge in [-0.1, -0.05) is 215 Å². The van der Waals surface area contributed by atoms with Crippen LogP contribution in [0.25, 0.3) is 0 Å². The molecular formula is C48H92O6. The molecule has 2 atom stereocenters. The molecule has 54 heavy (non-hydrogen) atoms. The summed E-state index contributed by atoms with van der Waals surface area (Å²) in [5.41, 5.74) is 0. The van der Waals surface area contributed by atoms with Crippen molar-refractivity contribution in [2.45, 2.75) is 260 Å². The molecule has 0 heterocycles. The third-order valence-corrected chi connectivity index (χ3v) is 11.0. The Kier molecular flexibility index (Phi) is 38.5. The minimum atomic E-state index is -0.762. The summed E-state index contributed by atoms with van der Waals surface area (Å²) in [6.07, 6.45) is 36.6. The van der Waals surface area contributed by atoms with Gasteiger partial charge in [-0.15, -0.1) is 0 Å². The van der Waals surface area contributed by atoms with Gasteiger partial charge in [0.05, 0.1) is 0 Å². The molecule has 0 aliphatic carbocycles. The lowest BCUT2D eigenvalue weighted by Crippen LogP contribution is -2.30. The van der Waals surface area contributed by atoms with Crippen LogP contribution in [0, 0.1) is 17.8 Å². The van der Waals surface area contributed by atoms with Gasteiger partial charge in [0.1, 0.15) is 13.2 Å². The molecule has 0 aromatic carbocycles. The van der Waals surface area contributed by atoms with Crippen molar-refractivity contribution in [2.75, 3.05) is 13.2 Å². The molecule has 1 unspecified atom stereocenters. The first-order valence-corrected chi connectivity index (χ1v) is 23.6. The van der Waals surface area contributed by atoms with E-state index in [0.29, 0.717) is 19.3 Å². The fourth-order valence-corrected chi connectivity index (χ4v) is 7.02. The van der Waals surface area contributed by atoms with Crippen molar-refractivity contribution in [3.05, 3.63) is 0 Å². The maximum Gasteiger partial charge on any atom is 0.306 e. The molecule has 0 fully saturated rings. The Bertz CT molecular complexity index is 839. The maximum atomic E-state index is 12.7. The van der Waals surface area contributed by atoms with Crippen LogP contribution < -0.4 is 0 Å². The Morgan fingerprint density at radius 3 is 0.963 bits per heavy atom. The highest BCUT2D eigenvalue weighted by atomic mass is 16.6. The number of hydrogen-bond donors (Lipinski definition) is 0. The second kappa shape index (κ2) is 39.6. The average Bonchev–Trinajstić information content (AvgIpc) is 3.14. The van der Waals surface area contributed by atoms with Crippen molar-refractivity contribution in [1.82, 2.24) is 0 Å². The number of esters is 3. The maximum absolute atomic E-state index is 12.7. The fourth-order valence-electron chi connectivity index (χ4n) is 7.02.